The van der Waals surface area contributed by atoms with E-state index in [1.54, 1.807) is 25.4 Å². The molecule has 2 heterocycles. The number of rotatable bonds is 8. The number of methoxy groups -OCH3 is 1. The van der Waals surface area contributed by atoms with Gasteiger partial charge in [0.15, 0.2) is 0 Å². The molecule has 2 amide bonds. The van der Waals surface area contributed by atoms with Crippen molar-refractivity contribution in [1.29, 1.82) is 0 Å². The van der Waals surface area contributed by atoms with Gasteiger partial charge < -0.3 is 10.1 Å². The highest BCUT2D eigenvalue weighted by Gasteiger charge is 2.13. The number of fused-ring (bicyclic) bond motifs is 1. The summed E-state index contributed by atoms with van der Waals surface area (Å²) in [7, 11) is 1.59. The summed E-state index contributed by atoms with van der Waals surface area (Å²) in [5, 5.41) is 3.18. The molecule has 8 heteroatoms. The van der Waals surface area contributed by atoms with Gasteiger partial charge in [-0.2, -0.15) is 0 Å². The molecule has 0 bridgehead atoms. The second kappa shape index (κ2) is 8.68. The Morgan fingerprint density at radius 3 is 2.81 bits per heavy atom. The van der Waals surface area contributed by atoms with Gasteiger partial charge in [-0.3, -0.25) is 18.9 Å². The Morgan fingerprint density at radius 1 is 1.33 bits per heavy atom. The molecule has 0 saturated heterocycles. The molecule has 2 aromatic heterocycles. The summed E-state index contributed by atoms with van der Waals surface area (Å²) in [6, 6.07) is 11.1. The van der Waals surface area contributed by atoms with Crippen LogP contribution in [0.3, 0.4) is 0 Å². The Morgan fingerprint density at radius 2 is 2.11 bits per heavy atom. The van der Waals surface area contributed by atoms with E-state index in [-0.39, 0.29) is 18.9 Å². The summed E-state index contributed by atoms with van der Waals surface area (Å²) in [6.07, 6.45) is 4.36. The Bertz CT molecular complexity index is 940. The topological polar surface area (TPSA) is 75.9 Å². The second-order valence-electron chi connectivity index (χ2n) is 5.87. The van der Waals surface area contributed by atoms with Gasteiger partial charge in [-0.1, -0.05) is 28.1 Å². The number of imide groups is 1. The van der Waals surface area contributed by atoms with Gasteiger partial charge in [0.1, 0.15) is 17.2 Å². The molecular weight excluding hydrogens is 412 g/mol. The van der Waals surface area contributed by atoms with Gasteiger partial charge in [0.2, 0.25) is 12.3 Å². The first kappa shape index (κ1) is 18.9. The lowest BCUT2D eigenvalue weighted by atomic mass is 10.2. The first-order valence-corrected chi connectivity index (χ1v) is 9.14. The van der Waals surface area contributed by atoms with Gasteiger partial charge in [-0.05, 0) is 29.8 Å². The predicted molar refractivity (Wildman–Crippen MR) is 106 cm³/mol. The van der Waals surface area contributed by atoms with Crippen molar-refractivity contribution in [3.05, 3.63) is 58.8 Å². The molecule has 7 nitrogen and oxygen atoms in total. The van der Waals surface area contributed by atoms with Crippen molar-refractivity contribution in [2.75, 3.05) is 19.0 Å². The van der Waals surface area contributed by atoms with Crippen molar-refractivity contribution in [2.45, 2.75) is 13.0 Å². The minimum absolute atomic E-state index is 0.193. The molecule has 0 aliphatic carbocycles. The molecule has 1 N–H and O–H groups in total. The van der Waals surface area contributed by atoms with E-state index in [0.717, 1.165) is 27.3 Å². The zero-order valence-corrected chi connectivity index (χ0v) is 16.3. The molecule has 140 valence electrons. The second-order valence-corrected chi connectivity index (χ2v) is 6.78. The molecule has 0 spiro atoms. The number of halogens is 1. The number of nitrogens with zero attached hydrogens (tertiary/aromatic N) is 3. The molecule has 1 aromatic carbocycles. The first-order chi connectivity index (χ1) is 13.1. The van der Waals surface area contributed by atoms with Crippen LogP contribution in [0.1, 0.15) is 12.0 Å². The lowest BCUT2D eigenvalue weighted by Crippen LogP contribution is -2.30. The van der Waals surface area contributed by atoms with Crippen molar-refractivity contribution in [3.63, 3.8) is 0 Å². The SMILES string of the molecule is COc1ccc(CN(C=O)C(=O)CCNc2cnc3cc(Br)ccn23)cc1. The molecule has 3 aromatic rings. The van der Waals surface area contributed by atoms with Crippen LogP contribution in [0, 0.1) is 0 Å². The van der Waals surface area contributed by atoms with Crippen molar-refractivity contribution in [3.8, 4) is 5.75 Å². The monoisotopic (exact) mass is 430 g/mol. The van der Waals surface area contributed by atoms with E-state index in [2.05, 4.69) is 26.2 Å². The van der Waals surface area contributed by atoms with E-state index >= 15 is 0 Å². The molecule has 0 aliphatic rings. The van der Waals surface area contributed by atoms with E-state index in [1.165, 1.54) is 4.90 Å². The average Bonchev–Trinajstić information content (AvgIpc) is 3.08. The van der Waals surface area contributed by atoms with Crippen LogP contribution < -0.4 is 10.1 Å². The zero-order chi connectivity index (χ0) is 19.2. The van der Waals surface area contributed by atoms with E-state index in [9.17, 15) is 9.59 Å². The summed E-state index contributed by atoms with van der Waals surface area (Å²) >= 11 is 3.41. The third-order valence-electron chi connectivity index (χ3n) is 4.08. The Hall–Kier alpha value is -2.87. The maximum atomic E-state index is 12.3. The van der Waals surface area contributed by atoms with E-state index in [1.807, 2.05) is 34.9 Å². The normalized spacial score (nSPS) is 10.6. The van der Waals surface area contributed by atoms with E-state index in [4.69, 9.17) is 4.74 Å². The number of hydrogen-bond donors (Lipinski definition) is 1. The van der Waals surface area contributed by atoms with Crippen LogP contribution in [0.5, 0.6) is 5.75 Å². The zero-order valence-electron chi connectivity index (χ0n) is 14.8. The number of nitrogens with one attached hydrogen (secondary N) is 1. The molecule has 0 aliphatic heterocycles. The molecular formula is C19H19BrN4O3. The Labute approximate surface area is 165 Å². The first-order valence-electron chi connectivity index (χ1n) is 8.35. The smallest absolute Gasteiger partial charge is 0.231 e. The highest BCUT2D eigenvalue weighted by Crippen LogP contribution is 2.17. The lowest BCUT2D eigenvalue weighted by Gasteiger charge is -2.16. The highest BCUT2D eigenvalue weighted by atomic mass is 79.9. The van der Waals surface area contributed by atoms with Crippen molar-refractivity contribution in [2.24, 2.45) is 0 Å². The average molecular weight is 431 g/mol. The number of carbonyl (C=O) groups is 2. The number of carbonyl (C=O) groups excluding carboxylic acids is 2. The van der Waals surface area contributed by atoms with Crippen LogP contribution in [-0.2, 0) is 16.1 Å². The summed E-state index contributed by atoms with van der Waals surface area (Å²) in [5.74, 6) is 1.27. The fraction of sp³-hybridized carbons (Fsp3) is 0.211. The molecule has 3 rings (SSSR count). The number of hydrogen-bond acceptors (Lipinski definition) is 5. The van der Waals surface area contributed by atoms with Crippen molar-refractivity contribution >= 4 is 39.7 Å². The number of ether oxygens (including phenoxy) is 1. The van der Waals surface area contributed by atoms with Gasteiger partial charge in [0, 0.05) is 23.6 Å². The maximum Gasteiger partial charge on any atom is 0.231 e. The summed E-state index contributed by atoms with van der Waals surface area (Å²) < 4.78 is 7.95. The number of aromatic nitrogens is 2. The highest BCUT2D eigenvalue weighted by molar-refractivity contribution is 9.10. The number of anilines is 1. The fourth-order valence-corrected chi connectivity index (χ4v) is 2.96. The molecule has 0 fully saturated rings. The van der Waals surface area contributed by atoms with Gasteiger partial charge >= 0.3 is 0 Å². The predicted octanol–water partition coefficient (Wildman–Crippen LogP) is 3.09. The number of imidazole rings is 1. The van der Waals surface area contributed by atoms with Crippen LogP contribution in [0.15, 0.2) is 53.3 Å². The molecule has 0 radical (unpaired) electrons. The van der Waals surface area contributed by atoms with Gasteiger partial charge in [-0.15, -0.1) is 0 Å². The third kappa shape index (κ3) is 4.65. The van der Waals surface area contributed by atoms with Crippen LogP contribution in [-0.4, -0.2) is 40.3 Å². The standard InChI is InChI=1S/C19H19BrN4O3/c1-27-16-4-2-14(3-5-16)12-23(13-25)19(26)6-8-21-18-11-22-17-10-15(20)7-9-24(17)18/h2-5,7,9-11,13,21H,6,8,12H2,1H3. The van der Waals surface area contributed by atoms with Gasteiger partial charge in [-0.25, -0.2) is 4.98 Å². The molecule has 0 unspecified atom stereocenters. The summed E-state index contributed by atoms with van der Waals surface area (Å²) in [6.45, 7) is 0.631. The van der Waals surface area contributed by atoms with Gasteiger partial charge in [0.25, 0.3) is 0 Å². The largest absolute Gasteiger partial charge is 0.497 e. The minimum Gasteiger partial charge on any atom is -0.497 e. The number of pyridine rings is 1. The van der Waals surface area contributed by atoms with Crippen LogP contribution in [0.4, 0.5) is 5.82 Å². The van der Waals surface area contributed by atoms with Gasteiger partial charge in [0.05, 0.1) is 19.9 Å². The lowest BCUT2D eigenvalue weighted by molar-refractivity contribution is -0.138. The van der Waals surface area contributed by atoms with E-state index in [0.29, 0.717) is 13.0 Å². The Kier molecular flexibility index (Phi) is 6.08. The molecule has 0 saturated carbocycles. The van der Waals surface area contributed by atoms with Crippen molar-refractivity contribution < 1.29 is 14.3 Å². The Balaban J connectivity index is 1.55. The summed E-state index contributed by atoms with van der Waals surface area (Å²) in [4.78, 5) is 29.1. The third-order valence-corrected chi connectivity index (χ3v) is 4.57. The number of benzene rings is 1. The molecule has 27 heavy (non-hydrogen) atoms. The fourth-order valence-electron chi connectivity index (χ4n) is 2.64. The van der Waals surface area contributed by atoms with E-state index < -0.39 is 0 Å². The van der Waals surface area contributed by atoms with Crippen molar-refractivity contribution in [1.82, 2.24) is 14.3 Å². The van der Waals surface area contributed by atoms with Crippen LogP contribution in [0.25, 0.3) is 5.65 Å². The number of amides is 2. The van der Waals surface area contributed by atoms with Crippen LogP contribution >= 0.6 is 15.9 Å². The quantitative estimate of drug-likeness (QED) is 0.555. The maximum absolute atomic E-state index is 12.3. The molecule has 0 atom stereocenters. The summed E-state index contributed by atoms with van der Waals surface area (Å²) in [5.41, 5.74) is 1.66. The minimum atomic E-state index is -0.245. The van der Waals surface area contributed by atoms with Crippen LogP contribution in [0.2, 0.25) is 0 Å².